The summed E-state index contributed by atoms with van der Waals surface area (Å²) >= 11 is 0. The predicted octanol–water partition coefficient (Wildman–Crippen LogP) is 3.80. The first-order valence-electron chi connectivity index (χ1n) is 10.1. The Labute approximate surface area is 176 Å². The molecule has 0 radical (unpaired) electrons. The van der Waals surface area contributed by atoms with Crippen LogP contribution in [0.15, 0.2) is 66.9 Å². The van der Waals surface area contributed by atoms with E-state index in [1.54, 1.807) is 0 Å². The summed E-state index contributed by atoms with van der Waals surface area (Å²) < 4.78 is 0. The molecule has 0 fully saturated rings. The number of pyridine rings is 1. The van der Waals surface area contributed by atoms with Gasteiger partial charge in [-0.1, -0.05) is 61.5 Å². The quantitative estimate of drug-likeness (QED) is 0.468. The lowest BCUT2D eigenvalue weighted by atomic mass is 9.98. The van der Waals surface area contributed by atoms with Crippen molar-refractivity contribution in [2.45, 2.75) is 26.4 Å². The zero-order valence-electron chi connectivity index (χ0n) is 17.0. The van der Waals surface area contributed by atoms with Gasteiger partial charge in [-0.05, 0) is 39.6 Å². The molecule has 4 aromatic rings. The number of nitrogens with zero attached hydrogens (tertiary/aromatic N) is 5. The van der Waals surface area contributed by atoms with Gasteiger partial charge in [0.25, 0.3) is 0 Å². The van der Waals surface area contributed by atoms with E-state index in [0.717, 1.165) is 47.6 Å². The van der Waals surface area contributed by atoms with E-state index in [4.69, 9.17) is 5.73 Å². The van der Waals surface area contributed by atoms with Crippen molar-refractivity contribution in [2.75, 3.05) is 11.4 Å². The lowest BCUT2D eigenvalue weighted by Gasteiger charge is -2.25. The van der Waals surface area contributed by atoms with Crippen molar-refractivity contribution in [1.82, 2.24) is 25.6 Å². The summed E-state index contributed by atoms with van der Waals surface area (Å²) in [5, 5.41) is 14.3. The topological polar surface area (TPSA) is 96.6 Å². The number of benzene rings is 2. The van der Waals surface area contributed by atoms with Crippen LogP contribution in [0, 0.1) is 0 Å². The molecule has 2 heterocycles. The standard InChI is InChI=1S/C23H25N7/c1-2-14-30(23-19(15-24)6-5-13-25-23)16-17-9-11-18(12-10-17)20-7-3-4-8-21(20)22-26-28-29-27-22/h3-13H,2,14-16,24H2,1H3,(H,26,27,28,29). The highest BCUT2D eigenvalue weighted by atomic mass is 15.5. The van der Waals surface area contributed by atoms with Gasteiger partial charge in [0, 0.05) is 37.0 Å². The summed E-state index contributed by atoms with van der Waals surface area (Å²) in [7, 11) is 0. The molecule has 152 valence electrons. The molecule has 7 nitrogen and oxygen atoms in total. The van der Waals surface area contributed by atoms with Crippen LogP contribution in [-0.4, -0.2) is 32.2 Å². The summed E-state index contributed by atoms with van der Waals surface area (Å²) in [6.07, 6.45) is 2.87. The minimum atomic E-state index is 0.482. The van der Waals surface area contributed by atoms with Crippen molar-refractivity contribution in [2.24, 2.45) is 5.73 Å². The number of nitrogens with one attached hydrogen (secondary N) is 1. The third-order valence-corrected chi connectivity index (χ3v) is 5.05. The van der Waals surface area contributed by atoms with Gasteiger partial charge in [0.1, 0.15) is 5.82 Å². The third-order valence-electron chi connectivity index (χ3n) is 5.05. The van der Waals surface area contributed by atoms with Crippen LogP contribution < -0.4 is 10.6 Å². The molecule has 4 rings (SSSR count). The van der Waals surface area contributed by atoms with E-state index < -0.39 is 0 Å². The maximum atomic E-state index is 5.93. The Balaban J connectivity index is 1.60. The Morgan fingerprint density at radius 2 is 1.77 bits per heavy atom. The number of hydrogen-bond donors (Lipinski definition) is 2. The lowest BCUT2D eigenvalue weighted by molar-refractivity contribution is 0.747. The normalized spacial score (nSPS) is 10.9. The second kappa shape index (κ2) is 9.28. The Hall–Kier alpha value is -3.58. The molecule has 0 atom stereocenters. The second-order valence-electron chi connectivity index (χ2n) is 7.10. The molecule has 0 saturated heterocycles. The van der Waals surface area contributed by atoms with Gasteiger partial charge in [-0.2, -0.15) is 0 Å². The Morgan fingerprint density at radius 3 is 2.47 bits per heavy atom. The van der Waals surface area contributed by atoms with Crippen LogP contribution >= 0.6 is 0 Å². The first-order valence-corrected chi connectivity index (χ1v) is 10.1. The van der Waals surface area contributed by atoms with Gasteiger partial charge in [0.2, 0.25) is 0 Å². The van der Waals surface area contributed by atoms with Crippen LogP contribution in [0.3, 0.4) is 0 Å². The van der Waals surface area contributed by atoms with Crippen molar-refractivity contribution in [1.29, 1.82) is 0 Å². The minimum Gasteiger partial charge on any atom is -0.352 e. The van der Waals surface area contributed by atoms with Crippen molar-refractivity contribution in [3.8, 4) is 22.5 Å². The fraction of sp³-hybridized carbons (Fsp3) is 0.217. The van der Waals surface area contributed by atoms with Gasteiger partial charge in [-0.25, -0.2) is 10.1 Å². The van der Waals surface area contributed by atoms with Crippen LogP contribution in [0.5, 0.6) is 0 Å². The van der Waals surface area contributed by atoms with E-state index in [1.165, 1.54) is 5.56 Å². The SMILES string of the molecule is CCCN(Cc1ccc(-c2ccccc2-c2nnn[nH]2)cc1)c1ncccc1CN. The average Bonchev–Trinajstić information content (AvgIpc) is 3.34. The fourth-order valence-corrected chi connectivity index (χ4v) is 3.63. The van der Waals surface area contributed by atoms with Crippen LogP contribution in [0.1, 0.15) is 24.5 Å². The molecule has 2 aromatic carbocycles. The zero-order chi connectivity index (χ0) is 20.8. The van der Waals surface area contributed by atoms with Crippen LogP contribution in [0.4, 0.5) is 5.82 Å². The van der Waals surface area contributed by atoms with Gasteiger partial charge >= 0.3 is 0 Å². The smallest absolute Gasteiger partial charge is 0.180 e. The van der Waals surface area contributed by atoms with Crippen molar-refractivity contribution in [3.63, 3.8) is 0 Å². The van der Waals surface area contributed by atoms with E-state index in [0.29, 0.717) is 12.4 Å². The first kappa shape index (κ1) is 19.7. The van der Waals surface area contributed by atoms with Gasteiger partial charge in [0.15, 0.2) is 5.82 Å². The maximum absolute atomic E-state index is 5.93. The maximum Gasteiger partial charge on any atom is 0.180 e. The highest BCUT2D eigenvalue weighted by Crippen LogP contribution is 2.30. The Bertz CT molecular complexity index is 1070. The molecule has 0 aliphatic heterocycles. The third kappa shape index (κ3) is 4.21. The van der Waals surface area contributed by atoms with E-state index in [2.05, 4.69) is 67.8 Å². The number of hydrogen-bond acceptors (Lipinski definition) is 6. The highest BCUT2D eigenvalue weighted by molar-refractivity contribution is 5.80. The summed E-state index contributed by atoms with van der Waals surface area (Å²) in [6.45, 7) is 4.37. The van der Waals surface area contributed by atoms with Crippen LogP contribution in [-0.2, 0) is 13.1 Å². The molecular formula is C23H25N7. The number of rotatable bonds is 8. The van der Waals surface area contributed by atoms with E-state index in [1.807, 2.05) is 36.5 Å². The molecule has 0 spiro atoms. The molecule has 7 heteroatoms. The van der Waals surface area contributed by atoms with Gasteiger partial charge in [-0.3, -0.25) is 0 Å². The van der Waals surface area contributed by atoms with Gasteiger partial charge in [0.05, 0.1) is 0 Å². The number of aromatic nitrogens is 5. The predicted molar refractivity (Wildman–Crippen MR) is 119 cm³/mol. The first-order chi connectivity index (χ1) is 14.8. The molecule has 0 aliphatic rings. The number of tetrazole rings is 1. The number of aromatic amines is 1. The largest absolute Gasteiger partial charge is 0.352 e. The summed E-state index contributed by atoms with van der Waals surface area (Å²) in [4.78, 5) is 6.89. The Morgan fingerprint density at radius 1 is 0.967 bits per heavy atom. The Kier molecular flexibility index (Phi) is 6.10. The summed E-state index contributed by atoms with van der Waals surface area (Å²) in [5.41, 5.74) is 11.4. The minimum absolute atomic E-state index is 0.482. The molecule has 3 N–H and O–H groups in total. The lowest BCUT2D eigenvalue weighted by Crippen LogP contribution is -2.26. The van der Waals surface area contributed by atoms with E-state index in [-0.39, 0.29) is 0 Å². The van der Waals surface area contributed by atoms with Gasteiger partial charge < -0.3 is 10.6 Å². The summed E-state index contributed by atoms with van der Waals surface area (Å²) in [5.74, 6) is 1.63. The van der Waals surface area contributed by atoms with E-state index >= 15 is 0 Å². The average molecular weight is 400 g/mol. The zero-order valence-corrected chi connectivity index (χ0v) is 17.0. The number of anilines is 1. The highest BCUT2D eigenvalue weighted by Gasteiger charge is 2.13. The summed E-state index contributed by atoms with van der Waals surface area (Å²) in [6, 6.07) is 20.7. The molecular weight excluding hydrogens is 374 g/mol. The van der Waals surface area contributed by atoms with Gasteiger partial charge in [-0.15, -0.1) is 5.10 Å². The molecule has 0 amide bonds. The molecule has 0 bridgehead atoms. The molecule has 0 unspecified atom stereocenters. The molecule has 0 aliphatic carbocycles. The van der Waals surface area contributed by atoms with Crippen molar-refractivity contribution >= 4 is 5.82 Å². The second-order valence-corrected chi connectivity index (χ2v) is 7.10. The molecule has 2 aromatic heterocycles. The number of H-pyrrole nitrogens is 1. The monoisotopic (exact) mass is 399 g/mol. The van der Waals surface area contributed by atoms with Crippen molar-refractivity contribution < 1.29 is 0 Å². The van der Waals surface area contributed by atoms with E-state index in [9.17, 15) is 0 Å². The number of nitrogens with two attached hydrogens (primary N) is 1. The van der Waals surface area contributed by atoms with Crippen LogP contribution in [0.2, 0.25) is 0 Å². The fourth-order valence-electron chi connectivity index (χ4n) is 3.63. The van der Waals surface area contributed by atoms with Crippen LogP contribution in [0.25, 0.3) is 22.5 Å². The molecule has 0 saturated carbocycles. The van der Waals surface area contributed by atoms with Crippen molar-refractivity contribution in [3.05, 3.63) is 78.0 Å². The molecule has 30 heavy (non-hydrogen) atoms.